The van der Waals surface area contributed by atoms with Crippen molar-refractivity contribution in [3.8, 4) is 0 Å². The fourth-order valence-electron chi connectivity index (χ4n) is 3.07. The summed E-state index contributed by atoms with van der Waals surface area (Å²) in [5, 5.41) is 0.0242. The molecule has 1 heterocycles. The minimum atomic E-state index is -3.92. The highest BCUT2D eigenvalue weighted by molar-refractivity contribution is 7.89. The van der Waals surface area contributed by atoms with Gasteiger partial charge in [0.15, 0.2) is 12.4 Å². The van der Waals surface area contributed by atoms with Crippen LogP contribution in [0.3, 0.4) is 0 Å². The number of carbonyl (C=O) groups is 2. The summed E-state index contributed by atoms with van der Waals surface area (Å²) in [4.78, 5) is 24.2. The fraction of sp³-hybridized carbons (Fsp3) is 0.364. The molecular formula is C22H24ClNO5S. The first-order valence-electron chi connectivity index (χ1n) is 9.57. The molecule has 0 fully saturated rings. The van der Waals surface area contributed by atoms with E-state index in [1.54, 1.807) is 20.8 Å². The van der Waals surface area contributed by atoms with Crippen molar-refractivity contribution in [1.82, 2.24) is 4.31 Å². The Labute approximate surface area is 181 Å². The lowest BCUT2D eigenvalue weighted by molar-refractivity contribution is -0.129. The van der Waals surface area contributed by atoms with Crippen molar-refractivity contribution in [3.05, 3.63) is 64.2 Å². The van der Waals surface area contributed by atoms with E-state index in [0.717, 1.165) is 11.1 Å². The second-order valence-corrected chi connectivity index (χ2v) is 10.6. The molecule has 0 N–H and O–H groups in total. The summed E-state index contributed by atoms with van der Waals surface area (Å²) in [7, 11) is -3.92. The molecule has 3 rings (SSSR count). The molecule has 0 unspecified atom stereocenters. The quantitative estimate of drug-likeness (QED) is 0.647. The van der Waals surface area contributed by atoms with Crippen LogP contribution in [-0.2, 0) is 32.5 Å². The lowest BCUT2D eigenvalue weighted by Gasteiger charge is -2.28. The Bertz CT molecular complexity index is 1090. The molecule has 1 aliphatic heterocycles. The van der Waals surface area contributed by atoms with Gasteiger partial charge in [0.1, 0.15) is 4.90 Å². The van der Waals surface area contributed by atoms with E-state index in [0.29, 0.717) is 13.0 Å². The molecule has 0 saturated heterocycles. The van der Waals surface area contributed by atoms with Gasteiger partial charge in [0.2, 0.25) is 10.0 Å². The molecule has 0 spiro atoms. The molecule has 0 saturated carbocycles. The predicted octanol–water partition coefficient (Wildman–Crippen LogP) is 3.86. The average Bonchev–Trinajstić information content (AvgIpc) is 2.70. The van der Waals surface area contributed by atoms with E-state index in [9.17, 15) is 18.0 Å². The SMILES string of the molecule is CC(C)(C)C(=O)COC(=O)c1ccc(Cl)c(S(=O)(=O)N2CCc3ccccc3C2)c1. The molecule has 8 heteroatoms. The number of rotatable bonds is 5. The largest absolute Gasteiger partial charge is 0.454 e. The summed E-state index contributed by atoms with van der Waals surface area (Å²) in [6.07, 6.45) is 0.601. The van der Waals surface area contributed by atoms with E-state index in [1.165, 1.54) is 22.5 Å². The monoisotopic (exact) mass is 449 g/mol. The number of carbonyl (C=O) groups excluding carboxylic acids is 2. The summed E-state index contributed by atoms with van der Waals surface area (Å²) in [5.74, 6) is -1.01. The molecule has 0 aromatic heterocycles. The minimum absolute atomic E-state index is 0.0242. The van der Waals surface area contributed by atoms with Crippen LogP contribution in [0.25, 0.3) is 0 Å². The molecule has 0 aliphatic carbocycles. The average molecular weight is 450 g/mol. The summed E-state index contributed by atoms with van der Waals surface area (Å²) in [5.41, 5.74) is 1.45. The number of halogens is 1. The van der Waals surface area contributed by atoms with Crippen molar-refractivity contribution < 1.29 is 22.7 Å². The van der Waals surface area contributed by atoms with Gasteiger partial charge < -0.3 is 4.74 Å². The second kappa shape index (κ2) is 8.49. The van der Waals surface area contributed by atoms with Gasteiger partial charge in [-0.3, -0.25) is 4.79 Å². The molecule has 6 nitrogen and oxygen atoms in total. The van der Waals surface area contributed by atoms with Crippen molar-refractivity contribution in [3.63, 3.8) is 0 Å². The Morgan fingerprint density at radius 2 is 1.77 bits per heavy atom. The van der Waals surface area contributed by atoms with Crippen LogP contribution < -0.4 is 0 Å². The van der Waals surface area contributed by atoms with Crippen LogP contribution in [0.4, 0.5) is 0 Å². The summed E-state index contributed by atoms with van der Waals surface area (Å²) >= 11 is 6.18. The van der Waals surface area contributed by atoms with Gasteiger partial charge in [-0.2, -0.15) is 4.31 Å². The van der Waals surface area contributed by atoms with E-state index in [-0.39, 0.29) is 34.4 Å². The number of nitrogens with zero attached hydrogens (tertiary/aromatic N) is 1. The normalized spacial score (nSPS) is 14.8. The summed E-state index contributed by atoms with van der Waals surface area (Å²) < 4.78 is 32.9. The smallest absolute Gasteiger partial charge is 0.338 e. The van der Waals surface area contributed by atoms with Gasteiger partial charge >= 0.3 is 5.97 Å². The van der Waals surface area contributed by atoms with Crippen LogP contribution in [0.15, 0.2) is 47.4 Å². The third-order valence-electron chi connectivity index (χ3n) is 5.05. The molecule has 2 aromatic rings. The Kier molecular flexibility index (Phi) is 6.36. The molecule has 0 amide bonds. The summed E-state index contributed by atoms with van der Waals surface area (Å²) in [6.45, 7) is 5.37. The van der Waals surface area contributed by atoms with Crippen LogP contribution in [0.2, 0.25) is 5.02 Å². The first kappa shape index (κ1) is 22.5. The maximum atomic E-state index is 13.2. The van der Waals surface area contributed by atoms with Gasteiger partial charge in [0.25, 0.3) is 0 Å². The van der Waals surface area contributed by atoms with E-state index in [2.05, 4.69) is 0 Å². The zero-order chi connectivity index (χ0) is 22.1. The highest BCUT2D eigenvalue weighted by atomic mass is 35.5. The van der Waals surface area contributed by atoms with Gasteiger partial charge in [-0.15, -0.1) is 0 Å². The van der Waals surface area contributed by atoms with Crippen molar-refractivity contribution in [2.24, 2.45) is 5.41 Å². The molecule has 0 atom stereocenters. The maximum Gasteiger partial charge on any atom is 0.338 e. The van der Waals surface area contributed by atoms with Crippen LogP contribution in [0.1, 0.15) is 42.3 Å². The molecular weight excluding hydrogens is 426 g/mol. The van der Waals surface area contributed by atoms with Gasteiger partial charge in [-0.1, -0.05) is 56.6 Å². The lowest BCUT2D eigenvalue weighted by Crippen LogP contribution is -2.36. The van der Waals surface area contributed by atoms with Gasteiger partial charge in [0.05, 0.1) is 10.6 Å². The number of benzene rings is 2. The van der Waals surface area contributed by atoms with Crippen molar-refractivity contribution >= 4 is 33.4 Å². The maximum absolute atomic E-state index is 13.2. The zero-order valence-electron chi connectivity index (χ0n) is 17.1. The van der Waals surface area contributed by atoms with Crippen LogP contribution >= 0.6 is 11.6 Å². The van der Waals surface area contributed by atoms with E-state index < -0.39 is 21.4 Å². The van der Waals surface area contributed by atoms with Crippen molar-refractivity contribution in [2.45, 2.75) is 38.6 Å². The minimum Gasteiger partial charge on any atom is -0.454 e. The number of ketones is 1. The topological polar surface area (TPSA) is 80.8 Å². The second-order valence-electron chi connectivity index (χ2n) is 8.25. The van der Waals surface area contributed by atoms with Crippen LogP contribution in [0.5, 0.6) is 0 Å². The highest BCUT2D eigenvalue weighted by Gasteiger charge is 2.31. The number of Topliss-reactive ketones (excluding diaryl/α,β-unsaturated/α-hetero) is 1. The van der Waals surface area contributed by atoms with Gasteiger partial charge in [-0.05, 0) is 35.7 Å². The van der Waals surface area contributed by atoms with Crippen molar-refractivity contribution in [2.75, 3.05) is 13.2 Å². The predicted molar refractivity (Wildman–Crippen MR) is 114 cm³/mol. The Morgan fingerprint density at radius 1 is 1.10 bits per heavy atom. The number of fused-ring (bicyclic) bond motifs is 1. The zero-order valence-corrected chi connectivity index (χ0v) is 18.7. The Hall–Kier alpha value is -2.22. The fourth-order valence-corrected chi connectivity index (χ4v) is 4.99. The van der Waals surface area contributed by atoms with E-state index in [4.69, 9.17) is 16.3 Å². The molecule has 30 heavy (non-hydrogen) atoms. The molecule has 160 valence electrons. The lowest BCUT2D eigenvalue weighted by atomic mass is 9.91. The number of hydrogen-bond donors (Lipinski definition) is 0. The van der Waals surface area contributed by atoms with Crippen LogP contribution in [-0.4, -0.2) is 37.6 Å². The third kappa shape index (κ3) is 4.74. The standard InChI is InChI=1S/C22H24ClNO5S/c1-22(2,3)20(25)14-29-21(26)16-8-9-18(23)19(12-16)30(27,28)24-11-10-15-6-4-5-7-17(15)13-24/h4-9,12H,10-11,13-14H2,1-3H3. The van der Waals surface area contributed by atoms with E-state index >= 15 is 0 Å². The Morgan fingerprint density at radius 3 is 2.43 bits per heavy atom. The number of esters is 1. The molecule has 2 aromatic carbocycles. The van der Waals surface area contributed by atoms with Crippen molar-refractivity contribution in [1.29, 1.82) is 0 Å². The number of sulfonamides is 1. The van der Waals surface area contributed by atoms with Gasteiger partial charge in [0, 0.05) is 18.5 Å². The van der Waals surface area contributed by atoms with E-state index in [1.807, 2.05) is 24.3 Å². The molecule has 1 aliphatic rings. The highest BCUT2D eigenvalue weighted by Crippen LogP contribution is 2.30. The number of ether oxygens (including phenoxy) is 1. The van der Waals surface area contributed by atoms with Crippen LogP contribution in [0, 0.1) is 5.41 Å². The first-order valence-corrected chi connectivity index (χ1v) is 11.4. The summed E-state index contributed by atoms with van der Waals surface area (Å²) in [6, 6.07) is 11.6. The third-order valence-corrected chi connectivity index (χ3v) is 7.38. The number of hydrogen-bond acceptors (Lipinski definition) is 5. The Balaban J connectivity index is 1.82. The first-order chi connectivity index (χ1) is 14.0. The molecule has 0 radical (unpaired) electrons. The molecule has 0 bridgehead atoms. The van der Waals surface area contributed by atoms with Gasteiger partial charge in [-0.25, -0.2) is 13.2 Å².